The maximum Gasteiger partial charge on any atom is 0.246 e. The van der Waals surface area contributed by atoms with Crippen molar-refractivity contribution in [3.63, 3.8) is 0 Å². The summed E-state index contributed by atoms with van der Waals surface area (Å²) >= 11 is 0. The van der Waals surface area contributed by atoms with Gasteiger partial charge in [-0.2, -0.15) is 0 Å². The molecule has 0 bridgehead atoms. The smallest absolute Gasteiger partial charge is 0.246 e. The number of hydrogen-bond donors (Lipinski definition) is 0. The number of likely N-dealkylation sites (tertiary alicyclic amines) is 1. The van der Waals surface area contributed by atoms with Crippen LogP contribution in [0, 0.1) is 0 Å². The first-order chi connectivity index (χ1) is 9.42. The molecule has 1 heterocycles. The van der Waals surface area contributed by atoms with Crippen molar-refractivity contribution >= 4 is 17.7 Å². The van der Waals surface area contributed by atoms with E-state index in [9.17, 15) is 14.4 Å². The second-order valence-corrected chi connectivity index (χ2v) is 5.03. The molecule has 0 aliphatic carbocycles. The van der Waals surface area contributed by atoms with E-state index in [0.717, 1.165) is 6.42 Å². The molecule has 0 radical (unpaired) electrons. The van der Waals surface area contributed by atoms with E-state index >= 15 is 0 Å². The van der Waals surface area contributed by atoms with Gasteiger partial charge in [0.2, 0.25) is 17.7 Å². The first kappa shape index (κ1) is 16.2. The van der Waals surface area contributed by atoms with Crippen LogP contribution in [0.2, 0.25) is 0 Å². The van der Waals surface area contributed by atoms with Gasteiger partial charge in [0.1, 0.15) is 12.6 Å². The van der Waals surface area contributed by atoms with Crippen LogP contribution in [0.3, 0.4) is 0 Å². The molecule has 1 aliphatic heterocycles. The Morgan fingerprint density at radius 1 is 1.35 bits per heavy atom. The Kier molecular flexibility index (Phi) is 5.73. The Bertz CT molecular complexity index is 406. The molecule has 0 aromatic rings. The van der Waals surface area contributed by atoms with Gasteiger partial charge in [-0.3, -0.25) is 14.4 Å². The zero-order valence-electron chi connectivity index (χ0n) is 12.5. The summed E-state index contributed by atoms with van der Waals surface area (Å²) < 4.78 is 0. The third-order valence-corrected chi connectivity index (χ3v) is 3.49. The summed E-state index contributed by atoms with van der Waals surface area (Å²) in [5.41, 5.74) is 0. The van der Waals surface area contributed by atoms with Gasteiger partial charge in [0.05, 0.1) is 0 Å². The fraction of sp³-hybridized carbons (Fsp3) is 0.643. The zero-order valence-corrected chi connectivity index (χ0v) is 12.5. The number of carbonyl (C=O) groups is 3. The Labute approximate surface area is 120 Å². The maximum atomic E-state index is 12.3. The van der Waals surface area contributed by atoms with E-state index < -0.39 is 6.04 Å². The summed E-state index contributed by atoms with van der Waals surface area (Å²) in [6.07, 6.45) is 2.70. The van der Waals surface area contributed by atoms with Gasteiger partial charge in [-0.1, -0.05) is 6.58 Å². The lowest BCUT2D eigenvalue weighted by Crippen LogP contribution is -2.49. The summed E-state index contributed by atoms with van der Waals surface area (Å²) in [6.45, 7) is 6.24. The largest absolute Gasteiger partial charge is 0.347 e. The van der Waals surface area contributed by atoms with E-state index in [1.54, 1.807) is 25.9 Å². The number of rotatable bonds is 5. The van der Waals surface area contributed by atoms with E-state index in [1.165, 1.54) is 15.9 Å². The molecule has 1 aliphatic rings. The summed E-state index contributed by atoms with van der Waals surface area (Å²) in [4.78, 5) is 40.4. The van der Waals surface area contributed by atoms with Crippen molar-refractivity contribution in [2.24, 2.45) is 0 Å². The molecule has 6 nitrogen and oxygen atoms in total. The highest BCUT2D eigenvalue weighted by molar-refractivity contribution is 5.93. The average Bonchev–Trinajstić information content (AvgIpc) is 2.91. The monoisotopic (exact) mass is 281 g/mol. The molecule has 1 saturated heterocycles. The molecule has 1 rings (SSSR count). The van der Waals surface area contributed by atoms with Crippen molar-refractivity contribution in [3.8, 4) is 0 Å². The molecular formula is C14H23N3O3. The predicted molar refractivity (Wildman–Crippen MR) is 75.9 cm³/mol. The second kappa shape index (κ2) is 7.07. The van der Waals surface area contributed by atoms with E-state index in [0.29, 0.717) is 19.5 Å². The van der Waals surface area contributed by atoms with Crippen molar-refractivity contribution in [2.45, 2.75) is 25.8 Å². The number of hydrogen-bond acceptors (Lipinski definition) is 3. The molecule has 112 valence electrons. The third kappa shape index (κ3) is 3.59. The molecule has 1 fully saturated rings. The molecule has 3 amide bonds. The Morgan fingerprint density at radius 2 is 2.00 bits per heavy atom. The molecule has 0 spiro atoms. The summed E-state index contributed by atoms with van der Waals surface area (Å²) in [5.74, 6) is -0.510. The van der Waals surface area contributed by atoms with Crippen molar-refractivity contribution in [1.29, 1.82) is 0 Å². The molecule has 20 heavy (non-hydrogen) atoms. The summed E-state index contributed by atoms with van der Waals surface area (Å²) in [6, 6.07) is -0.393. The van der Waals surface area contributed by atoms with Crippen LogP contribution >= 0.6 is 0 Å². The number of amides is 3. The zero-order chi connectivity index (χ0) is 15.3. The van der Waals surface area contributed by atoms with E-state index in [-0.39, 0.29) is 24.3 Å². The first-order valence-corrected chi connectivity index (χ1v) is 6.84. The van der Waals surface area contributed by atoms with Crippen LogP contribution in [0.5, 0.6) is 0 Å². The molecule has 0 saturated carbocycles. The Balaban J connectivity index is 2.73. The van der Waals surface area contributed by atoms with Gasteiger partial charge in [-0.25, -0.2) is 0 Å². The summed E-state index contributed by atoms with van der Waals surface area (Å²) in [5, 5.41) is 0. The molecular weight excluding hydrogens is 258 g/mol. The predicted octanol–water partition coefficient (Wildman–Crippen LogP) is 0.100. The fourth-order valence-corrected chi connectivity index (χ4v) is 2.35. The first-order valence-electron chi connectivity index (χ1n) is 6.84. The van der Waals surface area contributed by atoms with Crippen molar-refractivity contribution in [3.05, 3.63) is 12.7 Å². The van der Waals surface area contributed by atoms with Gasteiger partial charge in [0, 0.05) is 27.2 Å². The lowest BCUT2D eigenvalue weighted by Gasteiger charge is -2.28. The fourth-order valence-electron chi connectivity index (χ4n) is 2.35. The highest BCUT2D eigenvalue weighted by Gasteiger charge is 2.35. The molecule has 0 aromatic carbocycles. The molecule has 0 unspecified atom stereocenters. The van der Waals surface area contributed by atoms with Crippen LogP contribution in [0.1, 0.15) is 19.8 Å². The highest BCUT2D eigenvalue weighted by atomic mass is 16.2. The second-order valence-electron chi connectivity index (χ2n) is 5.03. The lowest BCUT2D eigenvalue weighted by molar-refractivity contribution is -0.144. The van der Waals surface area contributed by atoms with Gasteiger partial charge >= 0.3 is 0 Å². The Hall–Kier alpha value is -1.85. The number of nitrogens with zero attached hydrogens (tertiary/aromatic N) is 3. The van der Waals surface area contributed by atoms with Gasteiger partial charge in [0.25, 0.3) is 0 Å². The van der Waals surface area contributed by atoms with Gasteiger partial charge in [-0.05, 0) is 25.8 Å². The number of likely N-dealkylation sites (N-methyl/N-ethyl adjacent to an activating group) is 2. The summed E-state index contributed by atoms with van der Waals surface area (Å²) in [7, 11) is 3.37. The van der Waals surface area contributed by atoms with Crippen molar-refractivity contribution < 1.29 is 14.4 Å². The van der Waals surface area contributed by atoms with Crippen LogP contribution < -0.4 is 0 Å². The SMILES string of the molecule is C=CC(=O)N(CC)CC(=O)N1CCC[C@H]1C(=O)N(C)C. The minimum absolute atomic E-state index is 0.00143. The minimum atomic E-state index is -0.393. The topological polar surface area (TPSA) is 60.9 Å². The van der Waals surface area contributed by atoms with Crippen LogP contribution in [0.15, 0.2) is 12.7 Å². The van der Waals surface area contributed by atoms with E-state index in [2.05, 4.69) is 6.58 Å². The standard InChI is InChI=1S/C14H23N3O3/c1-5-12(18)16(6-2)10-13(19)17-9-7-8-11(17)14(20)15(3)4/h5,11H,1,6-10H2,2-4H3/t11-/m0/s1. The average molecular weight is 281 g/mol. The highest BCUT2D eigenvalue weighted by Crippen LogP contribution is 2.19. The van der Waals surface area contributed by atoms with E-state index in [1.807, 2.05) is 0 Å². The lowest BCUT2D eigenvalue weighted by atomic mass is 10.2. The Morgan fingerprint density at radius 3 is 2.50 bits per heavy atom. The quantitative estimate of drug-likeness (QED) is 0.672. The van der Waals surface area contributed by atoms with Crippen LogP contribution in [-0.4, -0.2) is 72.2 Å². The van der Waals surface area contributed by atoms with Gasteiger partial charge in [-0.15, -0.1) is 0 Å². The van der Waals surface area contributed by atoms with Gasteiger partial charge < -0.3 is 14.7 Å². The third-order valence-electron chi connectivity index (χ3n) is 3.49. The van der Waals surface area contributed by atoms with Gasteiger partial charge in [0.15, 0.2) is 0 Å². The van der Waals surface area contributed by atoms with Crippen molar-refractivity contribution in [2.75, 3.05) is 33.7 Å². The maximum absolute atomic E-state index is 12.3. The minimum Gasteiger partial charge on any atom is -0.347 e. The normalized spacial score (nSPS) is 17.8. The van der Waals surface area contributed by atoms with E-state index in [4.69, 9.17) is 0 Å². The molecule has 6 heteroatoms. The number of carbonyl (C=O) groups excluding carboxylic acids is 3. The molecule has 0 N–H and O–H groups in total. The molecule has 1 atom stereocenters. The van der Waals surface area contributed by atoms with Crippen LogP contribution in [0.25, 0.3) is 0 Å². The van der Waals surface area contributed by atoms with Crippen LogP contribution in [-0.2, 0) is 14.4 Å². The van der Waals surface area contributed by atoms with Crippen molar-refractivity contribution in [1.82, 2.24) is 14.7 Å². The molecule has 0 aromatic heterocycles. The van der Waals surface area contributed by atoms with Crippen LogP contribution in [0.4, 0.5) is 0 Å².